The van der Waals surface area contributed by atoms with Gasteiger partial charge in [-0.2, -0.15) is 0 Å². The first kappa shape index (κ1) is 8.55. The second-order valence-corrected chi connectivity index (χ2v) is 5.24. The molecule has 68 valence electrons. The molecule has 0 saturated heterocycles. The molecule has 0 spiro atoms. The normalized spacial score (nSPS) is 50.0. The van der Waals surface area contributed by atoms with Crippen LogP contribution in [0.4, 0.5) is 0 Å². The zero-order chi connectivity index (χ0) is 8.98. The first-order valence-corrected chi connectivity index (χ1v) is 4.88. The van der Waals surface area contributed by atoms with E-state index in [2.05, 4.69) is 20.8 Å². The van der Waals surface area contributed by atoms with Gasteiger partial charge in [0.15, 0.2) is 0 Å². The maximum Gasteiger partial charge on any atom is 0.115 e. The molecule has 3 unspecified atom stereocenters. The van der Waals surface area contributed by atoms with E-state index < -0.39 is 0 Å². The summed E-state index contributed by atoms with van der Waals surface area (Å²) in [5.74, 6) is 0.830. The molecular formula is C11H18O. The lowest BCUT2D eigenvalue weighted by molar-refractivity contribution is -0.00191. The van der Waals surface area contributed by atoms with Crippen LogP contribution in [-0.4, -0.2) is 6.10 Å². The van der Waals surface area contributed by atoms with Gasteiger partial charge in [-0.25, -0.2) is 0 Å². The molecule has 2 bridgehead atoms. The third-order valence-corrected chi connectivity index (χ3v) is 4.88. The van der Waals surface area contributed by atoms with Gasteiger partial charge in [0.2, 0.25) is 0 Å². The number of fused-ring (bicyclic) bond motifs is 2. The van der Waals surface area contributed by atoms with E-state index in [4.69, 9.17) is 11.8 Å². The average molecular weight is 166 g/mol. The molecule has 2 fully saturated rings. The fourth-order valence-corrected chi connectivity index (χ4v) is 3.34. The zero-order valence-electron chi connectivity index (χ0n) is 8.26. The summed E-state index contributed by atoms with van der Waals surface area (Å²) in [6.07, 6.45) is 4.11. The van der Waals surface area contributed by atoms with Crippen molar-refractivity contribution in [3.8, 4) is 0 Å². The van der Waals surface area contributed by atoms with E-state index in [1.807, 2.05) is 0 Å². The maximum atomic E-state index is 5.33. The highest BCUT2D eigenvalue weighted by molar-refractivity contribution is 5.11. The third-order valence-electron chi connectivity index (χ3n) is 4.88. The predicted octanol–water partition coefficient (Wildman–Crippen LogP) is 2.89. The van der Waals surface area contributed by atoms with Gasteiger partial charge >= 0.3 is 0 Å². The van der Waals surface area contributed by atoms with E-state index in [-0.39, 0.29) is 0 Å². The van der Waals surface area contributed by atoms with Gasteiger partial charge < -0.3 is 4.74 Å². The molecule has 0 aromatic carbocycles. The molecule has 1 heteroatoms. The fraction of sp³-hybridized carbons (Fsp3) is 0.909. The van der Waals surface area contributed by atoms with Gasteiger partial charge in [0.05, 0.1) is 6.10 Å². The summed E-state index contributed by atoms with van der Waals surface area (Å²) >= 11 is 0. The molecule has 0 amide bonds. The fourth-order valence-electron chi connectivity index (χ4n) is 3.34. The summed E-state index contributed by atoms with van der Waals surface area (Å²) < 4.78 is 5.08. The van der Waals surface area contributed by atoms with E-state index in [9.17, 15) is 0 Å². The molecule has 12 heavy (non-hydrogen) atoms. The first-order valence-electron chi connectivity index (χ1n) is 4.88. The lowest BCUT2D eigenvalue weighted by Crippen LogP contribution is -2.36. The van der Waals surface area contributed by atoms with Crippen LogP contribution < -0.4 is 0 Å². The largest absolute Gasteiger partial charge is 0.369 e. The van der Waals surface area contributed by atoms with Crippen molar-refractivity contribution in [2.45, 2.75) is 46.1 Å². The van der Waals surface area contributed by atoms with Gasteiger partial charge in [0.1, 0.15) is 7.11 Å². The Morgan fingerprint density at radius 3 is 2.25 bits per heavy atom. The van der Waals surface area contributed by atoms with Crippen molar-refractivity contribution < 1.29 is 4.74 Å². The Balaban J connectivity index is 2.33. The minimum atomic E-state index is 0.297. The Bertz CT molecular complexity index is 197. The highest BCUT2D eigenvalue weighted by Crippen LogP contribution is 2.66. The summed E-state index contributed by atoms with van der Waals surface area (Å²) in [6.45, 7) is 7.06. The van der Waals surface area contributed by atoms with Crippen LogP contribution >= 0.6 is 0 Å². The smallest absolute Gasteiger partial charge is 0.115 e. The second kappa shape index (κ2) is 2.25. The molecule has 2 rings (SSSR count). The van der Waals surface area contributed by atoms with E-state index >= 15 is 0 Å². The topological polar surface area (TPSA) is 9.23 Å². The molecular weight excluding hydrogens is 148 g/mol. The Morgan fingerprint density at radius 2 is 2.00 bits per heavy atom. The Morgan fingerprint density at radius 1 is 1.33 bits per heavy atom. The Hall–Kier alpha value is -0.0400. The van der Waals surface area contributed by atoms with Gasteiger partial charge in [0.25, 0.3) is 0 Å². The highest BCUT2D eigenvalue weighted by Gasteiger charge is 2.61. The van der Waals surface area contributed by atoms with Crippen molar-refractivity contribution in [3.63, 3.8) is 0 Å². The Labute approximate surface area is 75.5 Å². The van der Waals surface area contributed by atoms with Gasteiger partial charge in [-0.1, -0.05) is 20.8 Å². The molecule has 2 aliphatic carbocycles. The molecule has 1 nitrogen and oxygen atoms in total. The van der Waals surface area contributed by atoms with E-state index in [1.54, 1.807) is 0 Å². The molecule has 0 aromatic heterocycles. The van der Waals surface area contributed by atoms with Crippen molar-refractivity contribution in [3.05, 3.63) is 7.11 Å². The maximum absolute atomic E-state index is 5.33. The minimum absolute atomic E-state index is 0.297. The van der Waals surface area contributed by atoms with Crippen LogP contribution in [0.25, 0.3) is 0 Å². The van der Waals surface area contributed by atoms with Crippen LogP contribution in [-0.2, 0) is 4.74 Å². The van der Waals surface area contributed by atoms with Crippen LogP contribution in [0.2, 0.25) is 0 Å². The van der Waals surface area contributed by atoms with Crippen LogP contribution in [0, 0.1) is 23.9 Å². The van der Waals surface area contributed by atoms with Crippen molar-refractivity contribution in [2.24, 2.45) is 16.7 Å². The summed E-state index contributed by atoms with van der Waals surface area (Å²) in [5.41, 5.74) is 0.753. The molecule has 0 N–H and O–H groups in total. The minimum Gasteiger partial charge on any atom is -0.369 e. The summed E-state index contributed by atoms with van der Waals surface area (Å²) in [4.78, 5) is 0. The van der Waals surface area contributed by atoms with Crippen molar-refractivity contribution >= 4 is 0 Å². The van der Waals surface area contributed by atoms with Gasteiger partial charge in [-0.05, 0) is 36.0 Å². The summed E-state index contributed by atoms with van der Waals surface area (Å²) in [6, 6.07) is 0. The second-order valence-electron chi connectivity index (χ2n) is 5.24. The summed E-state index contributed by atoms with van der Waals surface area (Å²) in [7, 11) is 5.33. The molecule has 0 aliphatic heterocycles. The third kappa shape index (κ3) is 0.736. The van der Waals surface area contributed by atoms with Crippen molar-refractivity contribution in [1.29, 1.82) is 0 Å². The number of hydrogen-bond acceptors (Lipinski definition) is 1. The zero-order valence-corrected chi connectivity index (χ0v) is 8.26. The van der Waals surface area contributed by atoms with Crippen LogP contribution in [0.3, 0.4) is 0 Å². The van der Waals surface area contributed by atoms with Gasteiger partial charge in [-0.3, -0.25) is 0 Å². The highest BCUT2D eigenvalue weighted by atomic mass is 16.5. The lowest BCUT2D eigenvalue weighted by atomic mass is 9.70. The van der Waals surface area contributed by atoms with E-state index in [1.165, 1.54) is 19.3 Å². The molecule has 2 saturated carbocycles. The standard InChI is InChI=1S/C11H18O/c1-10(2)8-5-6-11(10,3)9(7-8)12-4/h4,8-9H,5-7H2,1-3H3. The monoisotopic (exact) mass is 166 g/mol. The lowest BCUT2D eigenvalue weighted by Gasteiger charge is -2.38. The molecule has 0 heterocycles. The summed E-state index contributed by atoms with van der Waals surface area (Å²) in [5, 5.41) is 0. The van der Waals surface area contributed by atoms with E-state index in [0.29, 0.717) is 16.9 Å². The first-order chi connectivity index (χ1) is 5.52. The number of ether oxygens (including phenoxy) is 1. The van der Waals surface area contributed by atoms with Gasteiger partial charge in [0, 0.05) is 0 Å². The SMILES string of the molecule is [CH]OC1CC2CCC1(C)C2(C)C. The van der Waals surface area contributed by atoms with Crippen LogP contribution in [0.1, 0.15) is 40.0 Å². The van der Waals surface area contributed by atoms with Crippen LogP contribution in [0.5, 0.6) is 0 Å². The number of rotatable bonds is 1. The van der Waals surface area contributed by atoms with Crippen molar-refractivity contribution in [1.82, 2.24) is 0 Å². The Kier molecular flexibility index (Phi) is 1.61. The van der Waals surface area contributed by atoms with Gasteiger partial charge in [-0.15, -0.1) is 0 Å². The van der Waals surface area contributed by atoms with E-state index in [0.717, 1.165) is 5.92 Å². The van der Waals surface area contributed by atoms with Crippen LogP contribution in [0.15, 0.2) is 0 Å². The predicted molar refractivity (Wildman–Crippen MR) is 48.4 cm³/mol. The molecule has 2 radical (unpaired) electrons. The number of hydrogen-bond donors (Lipinski definition) is 0. The average Bonchev–Trinajstić information content (AvgIpc) is 2.34. The molecule has 0 aromatic rings. The molecule has 2 aliphatic rings. The molecule has 3 atom stereocenters. The van der Waals surface area contributed by atoms with Crippen molar-refractivity contribution in [2.75, 3.05) is 0 Å². The quantitative estimate of drug-likeness (QED) is 0.582.